The average Bonchev–Trinajstić information content (AvgIpc) is 2.34. The number of hydrogen-bond donors (Lipinski definition) is 2. The van der Waals surface area contributed by atoms with Crippen molar-refractivity contribution in [3.8, 4) is 5.75 Å². The maximum atomic E-state index is 10.3. The summed E-state index contributed by atoms with van der Waals surface area (Å²) in [7, 11) is 0. The first-order valence-corrected chi connectivity index (χ1v) is 7.22. The summed E-state index contributed by atoms with van der Waals surface area (Å²) in [5.74, 6) is 0.449. The van der Waals surface area contributed by atoms with Gasteiger partial charge in [-0.2, -0.15) is 0 Å². The molecule has 0 bridgehead atoms. The lowest BCUT2D eigenvalue weighted by Gasteiger charge is -2.44. The van der Waals surface area contributed by atoms with Gasteiger partial charge in [-0.25, -0.2) is 0 Å². The van der Waals surface area contributed by atoms with E-state index in [-0.39, 0.29) is 11.5 Å². The van der Waals surface area contributed by atoms with Crippen molar-refractivity contribution in [2.45, 2.75) is 63.8 Å². The van der Waals surface area contributed by atoms with Crippen LogP contribution in [0.3, 0.4) is 0 Å². The van der Waals surface area contributed by atoms with E-state index < -0.39 is 0 Å². The van der Waals surface area contributed by atoms with Gasteiger partial charge in [0.05, 0.1) is 0 Å². The third-order valence-electron chi connectivity index (χ3n) is 4.45. The maximum Gasteiger partial charge on any atom is 0.119 e. The van der Waals surface area contributed by atoms with Gasteiger partial charge in [-0.1, -0.05) is 38.8 Å². The van der Waals surface area contributed by atoms with Crippen LogP contribution >= 0.6 is 0 Å². The number of benzene rings is 1. The third-order valence-corrected chi connectivity index (χ3v) is 4.45. The van der Waals surface area contributed by atoms with Gasteiger partial charge in [0, 0.05) is 17.0 Å². The third kappa shape index (κ3) is 2.03. The first-order valence-electron chi connectivity index (χ1n) is 7.22. The highest BCUT2D eigenvalue weighted by Crippen LogP contribution is 2.47. The van der Waals surface area contributed by atoms with Crippen LogP contribution in [-0.2, 0) is 11.8 Å². The molecule has 1 aromatic carbocycles. The molecule has 0 amide bonds. The molecular formula is C16H25NO. The highest BCUT2D eigenvalue weighted by Gasteiger charge is 2.42. The van der Waals surface area contributed by atoms with Gasteiger partial charge >= 0.3 is 0 Å². The number of nitrogens with two attached hydrogens (primary N) is 1. The second-order valence-electron chi connectivity index (χ2n) is 5.61. The average molecular weight is 247 g/mol. The molecule has 1 unspecified atom stereocenters. The summed E-state index contributed by atoms with van der Waals surface area (Å²) in [6.07, 6.45) is 6.42. The normalized spacial score (nSPS) is 21.6. The molecule has 0 saturated carbocycles. The van der Waals surface area contributed by atoms with Gasteiger partial charge in [-0.3, -0.25) is 0 Å². The summed E-state index contributed by atoms with van der Waals surface area (Å²) in [6.45, 7) is 4.41. The molecular weight excluding hydrogens is 222 g/mol. The molecule has 0 heterocycles. The van der Waals surface area contributed by atoms with E-state index in [1.54, 1.807) is 0 Å². The van der Waals surface area contributed by atoms with Crippen molar-refractivity contribution in [3.63, 3.8) is 0 Å². The fourth-order valence-electron chi connectivity index (χ4n) is 3.78. The molecule has 2 heteroatoms. The molecule has 1 aliphatic carbocycles. The second kappa shape index (κ2) is 5.31. The van der Waals surface area contributed by atoms with Crippen molar-refractivity contribution in [3.05, 3.63) is 29.3 Å². The molecule has 0 aliphatic heterocycles. The fourth-order valence-corrected chi connectivity index (χ4v) is 3.78. The van der Waals surface area contributed by atoms with Crippen LogP contribution in [0.5, 0.6) is 5.75 Å². The van der Waals surface area contributed by atoms with Crippen molar-refractivity contribution < 1.29 is 5.11 Å². The number of fused-ring (bicyclic) bond motifs is 1. The first kappa shape index (κ1) is 13.4. The van der Waals surface area contributed by atoms with Crippen molar-refractivity contribution >= 4 is 0 Å². The monoisotopic (exact) mass is 247 g/mol. The highest BCUT2D eigenvalue weighted by molar-refractivity contribution is 5.48. The molecule has 2 rings (SSSR count). The minimum Gasteiger partial charge on any atom is -0.508 e. The molecule has 0 fully saturated rings. The molecule has 0 spiro atoms. The van der Waals surface area contributed by atoms with Crippen LogP contribution in [-0.4, -0.2) is 11.1 Å². The Bertz CT molecular complexity index is 408. The van der Waals surface area contributed by atoms with Crippen LogP contribution in [0.4, 0.5) is 0 Å². The summed E-state index contributed by atoms with van der Waals surface area (Å²) < 4.78 is 0. The van der Waals surface area contributed by atoms with E-state index in [9.17, 15) is 5.11 Å². The van der Waals surface area contributed by atoms with E-state index in [1.165, 1.54) is 5.56 Å². The van der Waals surface area contributed by atoms with E-state index in [1.807, 2.05) is 12.1 Å². The zero-order valence-corrected chi connectivity index (χ0v) is 11.6. The van der Waals surface area contributed by atoms with Gasteiger partial charge in [0.15, 0.2) is 0 Å². The molecule has 0 radical (unpaired) electrons. The predicted octanol–water partition coefficient (Wildman–Crippen LogP) is 3.50. The molecule has 1 aromatic rings. The Kier molecular flexibility index (Phi) is 3.96. The smallest absolute Gasteiger partial charge is 0.119 e. The lowest BCUT2D eigenvalue weighted by molar-refractivity contribution is 0.252. The molecule has 0 saturated heterocycles. The number of phenolic OH excluding ortho intramolecular Hbond substituents is 1. The number of phenols is 1. The largest absolute Gasteiger partial charge is 0.508 e. The molecule has 2 nitrogen and oxygen atoms in total. The van der Waals surface area contributed by atoms with Crippen molar-refractivity contribution in [2.75, 3.05) is 0 Å². The maximum absolute atomic E-state index is 10.3. The van der Waals surface area contributed by atoms with Gasteiger partial charge in [-0.15, -0.1) is 0 Å². The number of aryl methyl sites for hydroxylation is 1. The zero-order chi connectivity index (χ0) is 13.2. The summed E-state index contributed by atoms with van der Waals surface area (Å²) in [4.78, 5) is 0. The topological polar surface area (TPSA) is 46.2 Å². The van der Waals surface area contributed by atoms with Gasteiger partial charge in [0.25, 0.3) is 0 Å². The molecule has 0 aromatic heterocycles. The van der Waals surface area contributed by atoms with Gasteiger partial charge in [0.1, 0.15) is 5.75 Å². The molecule has 18 heavy (non-hydrogen) atoms. The van der Waals surface area contributed by atoms with Crippen LogP contribution in [0, 0.1) is 0 Å². The Labute approximate surface area is 110 Å². The van der Waals surface area contributed by atoms with E-state index >= 15 is 0 Å². The van der Waals surface area contributed by atoms with Crippen LogP contribution < -0.4 is 5.73 Å². The summed E-state index contributed by atoms with van der Waals surface area (Å²) in [5.41, 5.74) is 8.90. The van der Waals surface area contributed by atoms with Crippen molar-refractivity contribution in [1.29, 1.82) is 0 Å². The Balaban J connectivity index is 2.56. The highest BCUT2D eigenvalue weighted by atomic mass is 16.3. The Morgan fingerprint density at radius 2 is 1.94 bits per heavy atom. The quantitative estimate of drug-likeness (QED) is 0.855. The minimum atomic E-state index is -0.0115. The molecule has 1 aliphatic rings. The second-order valence-corrected chi connectivity index (χ2v) is 5.61. The predicted molar refractivity (Wildman–Crippen MR) is 75.9 cm³/mol. The van der Waals surface area contributed by atoms with Crippen LogP contribution in [0.1, 0.15) is 57.1 Å². The summed E-state index contributed by atoms with van der Waals surface area (Å²) >= 11 is 0. The van der Waals surface area contributed by atoms with E-state index in [4.69, 9.17) is 5.73 Å². The summed E-state index contributed by atoms with van der Waals surface area (Å²) in [6, 6.07) is 6.10. The minimum absolute atomic E-state index is 0.0115. The Morgan fingerprint density at radius 3 is 2.56 bits per heavy atom. The van der Waals surface area contributed by atoms with Gasteiger partial charge in [-0.05, 0) is 37.3 Å². The van der Waals surface area contributed by atoms with Crippen LogP contribution in [0.15, 0.2) is 18.2 Å². The van der Waals surface area contributed by atoms with Crippen LogP contribution in [0.2, 0.25) is 0 Å². The number of aromatic hydroxyl groups is 1. The van der Waals surface area contributed by atoms with E-state index in [0.29, 0.717) is 5.75 Å². The Morgan fingerprint density at radius 1 is 1.28 bits per heavy atom. The molecule has 1 atom stereocenters. The Hall–Kier alpha value is -1.02. The fraction of sp³-hybridized carbons (Fsp3) is 0.625. The molecule has 100 valence electrons. The van der Waals surface area contributed by atoms with Crippen molar-refractivity contribution in [2.24, 2.45) is 5.73 Å². The first-order chi connectivity index (χ1) is 8.65. The van der Waals surface area contributed by atoms with Crippen molar-refractivity contribution in [1.82, 2.24) is 0 Å². The SMILES string of the molecule is CCCC1(CCC)c2c(O)cccc2CCC1N. The molecule has 3 N–H and O–H groups in total. The summed E-state index contributed by atoms with van der Waals surface area (Å²) in [5, 5.41) is 10.3. The lowest BCUT2D eigenvalue weighted by atomic mass is 9.62. The standard InChI is InChI=1S/C16H25NO/c1-3-10-16(11-4-2)14(17)9-8-12-6-5-7-13(18)15(12)16/h5-7,14,18H,3-4,8-11,17H2,1-2H3. The van der Waals surface area contributed by atoms with Gasteiger partial charge in [0.2, 0.25) is 0 Å². The number of hydrogen-bond acceptors (Lipinski definition) is 2. The zero-order valence-electron chi connectivity index (χ0n) is 11.6. The lowest BCUT2D eigenvalue weighted by Crippen LogP contribution is -2.48. The van der Waals surface area contributed by atoms with E-state index in [0.717, 1.165) is 44.1 Å². The number of rotatable bonds is 4. The van der Waals surface area contributed by atoms with E-state index in [2.05, 4.69) is 19.9 Å². The van der Waals surface area contributed by atoms with Gasteiger partial charge < -0.3 is 10.8 Å². The van der Waals surface area contributed by atoms with Crippen LogP contribution in [0.25, 0.3) is 0 Å².